The molecule has 0 amide bonds. The van der Waals surface area contributed by atoms with Gasteiger partial charge in [0.05, 0.1) is 12.5 Å². The lowest BCUT2D eigenvalue weighted by atomic mass is 9.84. The van der Waals surface area contributed by atoms with Crippen molar-refractivity contribution in [2.75, 3.05) is 7.11 Å². The Morgan fingerprint density at radius 2 is 1.88 bits per heavy atom. The van der Waals surface area contributed by atoms with Gasteiger partial charge in [0.2, 0.25) is 0 Å². The molecule has 0 aromatic heterocycles. The summed E-state index contributed by atoms with van der Waals surface area (Å²) < 4.78 is 4.78. The SMILES string of the molecule is COC(=O)C(C)(C)CC(N)c1ccc(C)cc1. The third kappa shape index (κ3) is 3.56. The van der Waals surface area contributed by atoms with Crippen LogP contribution in [0.1, 0.15) is 37.4 Å². The molecule has 0 aliphatic rings. The zero-order valence-electron chi connectivity index (χ0n) is 11.0. The second-order valence-corrected chi connectivity index (χ2v) is 5.10. The highest BCUT2D eigenvalue weighted by Gasteiger charge is 2.31. The third-order valence-electron chi connectivity index (χ3n) is 2.97. The molecule has 3 nitrogen and oxygen atoms in total. The van der Waals surface area contributed by atoms with Crippen molar-refractivity contribution in [3.8, 4) is 0 Å². The number of methoxy groups -OCH3 is 1. The lowest BCUT2D eigenvalue weighted by Gasteiger charge is -2.25. The minimum atomic E-state index is -0.556. The Bertz CT molecular complexity index is 382. The number of hydrogen-bond acceptors (Lipinski definition) is 3. The van der Waals surface area contributed by atoms with E-state index in [4.69, 9.17) is 10.5 Å². The van der Waals surface area contributed by atoms with Crippen LogP contribution in [0.15, 0.2) is 24.3 Å². The average molecular weight is 235 g/mol. The zero-order chi connectivity index (χ0) is 13.1. The number of carbonyl (C=O) groups excluding carboxylic acids is 1. The van der Waals surface area contributed by atoms with Gasteiger partial charge in [0.15, 0.2) is 0 Å². The van der Waals surface area contributed by atoms with E-state index in [9.17, 15) is 4.79 Å². The average Bonchev–Trinajstić information content (AvgIpc) is 2.28. The van der Waals surface area contributed by atoms with E-state index in [2.05, 4.69) is 0 Å². The largest absolute Gasteiger partial charge is 0.469 e. The molecule has 1 aromatic carbocycles. The number of carbonyl (C=O) groups is 1. The quantitative estimate of drug-likeness (QED) is 0.816. The molecule has 0 saturated heterocycles. The summed E-state index contributed by atoms with van der Waals surface area (Å²) in [5.41, 5.74) is 7.81. The molecule has 17 heavy (non-hydrogen) atoms. The van der Waals surface area contributed by atoms with Gasteiger partial charge in [0.1, 0.15) is 0 Å². The van der Waals surface area contributed by atoms with Gasteiger partial charge in [-0.1, -0.05) is 29.8 Å². The highest BCUT2D eigenvalue weighted by Crippen LogP contribution is 2.29. The zero-order valence-corrected chi connectivity index (χ0v) is 11.0. The maximum atomic E-state index is 11.6. The van der Waals surface area contributed by atoms with Crippen molar-refractivity contribution in [1.29, 1.82) is 0 Å². The first kappa shape index (κ1) is 13.7. The molecule has 1 unspecified atom stereocenters. The number of aryl methyl sites for hydroxylation is 1. The Morgan fingerprint density at radius 3 is 2.35 bits per heavy atom. The highest BCUT2D eigenvalue weighted by atomic mass is 16.5. The van der Waals surface area contributed by atoms with Crippen LogP contribution in [0.2, 0.25) is 0 Å². The Labute approximate surface area is 103 Å². The Hall–Kier alpha value is -1.35. The molecule has 1 atom stereocenters. The van der Waals surface area contributed by atoms with Crippen LogP contribution in [-0.4, -0.2) is 13.1 Å². The molecule has 2 N–H and O–H groups in total. The van der Waals surface area contributed by atoms with E-state index in [1.807, 2.05) is 45.0 Å². The predicted octanol–water partition coefficient (Wildman–Crippen LogP) is 2.58. The molecule has 0 fully saturated rings. The lowest BCUT2D eigenvalue weighted by Crippen LogP contribution is -2.30. The van der Waals surface area contributed by atoms with Gasteiger partial charge in [0, 0.05) is 6.04 Å². The fourth-order valence-corrected chi connectivity index (χ4v) is 1.84. The van der Waals surface area contributed by atoms with Crippen LogP contribution in [0.25, 0.3) is 0 Å². The first-order chi connectivity index (χ1) is 7.86. The number of esters is 1. The van der Waals surface area contributed by atoms with Crippen LogP contribution >= 0.6 is 0 Å². The normalized spacial score (nSPS) is 13.2. The maximum Gasteiger partial charge on any atom is 0.311 e. The van der Waals surface area contributed by atoms with E-state index in [0.717, 1.165) is 5.56 Å². The second-order valence-electron chi connectivity index (χ2n) is 5.10. The van der Waals surface area contributed by atoms with E-state index in [0.29, 0.717) is 6.42 Å². The molecule has 0 saturated carbocycles. The number of hydrogen-bond donors (Lipinski definition) is 1. The molecule has 1 rings (SSSR count). The molecule has 0 spiro atoms. The highest BCUT2D eigenvalue weighted by molar-refractivity contribution is 5.75. The first-order valence-corrected chi connectivity index (χ1v) is 5.77. The smallest absolute Gasteiger partial charge is 0.311 e. The molecule has 0 aliphatic heterocycles. The van der Waals surface area contributed by atoms with Crippen molar-refractivity contribution in [2.24, 2.45) is 11.1 Å². The molecule has 1 aromatic rings. The number of rotatable bonds is 4. The Morgan fingerprint density at radius 1 is 1.35 bits per heavy atom. The van der Waals surface area contributed by atoms with Gasteiger partial charge in [-0.25, -0.2) is 0 Å². The molecular formula is C14H21NO2. The van der Waals surface area contributed by atoms with Gasteiger partial charge in [-0.3, -0.25) is 4.79 Å². The standard InChI is InChI=1S/C14H21NO2/c1-10-5-7-11(8-6-10)12(15)9-14(2,3)13(16)17-4/h5-8,12H,9,15H2,1-4H3. The summed E-state index contributed by atoms with van der Waals surface area (Å²) in [5, 5.41) is 0. The molecule has 0 heterocycles. The van der Waals surface area contributed by atoms with Gasteiger partial charge in [-0.15, -0.1) is 0 Å². The number of nitrogens with two attached hydrogens (primary N) is 1. The summed E-state index contributed by atoms with van der Waals surface area (Å²) in [5.74, 6) is -0.222. The van der Waals surface area contributed by atoms with Gasteiger partial charge in [0.25, 0.3) is 0 Å². The molecule has 0 radical (unpaired) electrons. The lowest BCUT2D eigenvalue weighted by molar-refractivity contribution is -0.151. The van der Waals surface area contributed by atoms with Gasteiger partial charge >= 0.3 is 5.97 Å². The van der Waals surface area contributed by atoms with Crippen LogP contribution < -0.4 is 5.73 Å². The van der Waals surface area contributed by atoms with Crippen molar-refractivity contribution in [3.05, 3.63) is 35.4 Å². The van der Waals surface area contributed by atoms with E-state index in [-0.39, 0.29) is 12.0 Å². The van der Waals surface area contributed by atoms with Crippen molar-refractivity contribution in [2.45, 2.75) is 33.2 Å². The van der Waals surface area contributed by atoms with E-state index in [1.54, 1.807) is 0 Å². The Kier molecular flexibility index (Phi) is 4.29. The predicted molar refractivity (Wildman–Crippen MR) is 68.5 cm³/mol. The molecule has 0 bridgehead atoms. The third-order valence-corrected chi connectivity index (χ3v) is 2.97. The summed E-state index contributed by atoms with van der Waals surface area (Å²) in [6.07, 6.45) is 0.572. The summed E-state index contributed by atoms with van der Waals surface area (Å²) in [6.45, 7) is 5.74. The van der Waals surface area contributed by atoms with Crippen LogP contribution in [0, 0.1) is 12.3 Å². The summed E-state index contributed by atoms with van der Waals surface area (Å²) >= 11 is 0. The maximum absolute atomic E-state index is 11.6. The van der Waals surface area contributed by atoms with Crippen molar-refractivity contribution in [1.82, 2.24) is 0 Å². The van der Waals surface area contributed by atoms with Crippen LogP contribution in [0.5, 0.6) is 0 Å². The second kappa shape index (κ2) is 5.32. The van der Waals surface area contributed by atoms with Crippen LogP contribution in [0.4, 0.5) is 0 Å². The molecule has 0 aliphatic carbocycles. The number of ether oxygens (including phenoxy) is 1. The van der Waals surface area contributed by atoms with Crippen molar-refractivity contribution < 1.29 is 9.53 Å². The fourth-order valence-electron chi connectivity index (χ4n) is 1.84. The van der Waals surface area contributed by atoms with Gasteiger partial charge < -0.3 is 10.5 Å². The molecular weight excluding hydrogens is 214 g/mol. The van der Waals surface area contributed by atoms with Crippen molar-refractivity contribution >= 4 is 5.97 Å². The monoisotopic (exact) mass is 235 g/mol. The van der Waals surface area contributed by atoms with E-state index < -0.39 is 5.41 Å². The fraction of sp³-hybridized carbons (Fsp3) is 0.500. The summed E-state index contributed by atoms with van der Waals surface area (Å²) in [4.78, 5) is 11.6. The van der Waals surface area contributed by atoms with Gasteiger partial charge in [-0.05, 0) is 32.8 Å². The van der Waals surface area contributed by atoms with Crippen LogP contribution in [0.3, 0.4) is 0 Å². The van der Waals surface area contributed by atoms with Crippen molar-refractivity contribution in [3.63, 3.8) is 0 Å². The molecule has 3 heteroatoms. The number of benzene rings is 1. The summed E-state index contributed by atoms with van der Waals surface area (Å²) in [6, 6.07) is 7.92. The topological polar surface area (TPSA) is 52.3 Å². The first-order valence-electron chi connectivity index (χ1n) is 5.77. The van der Waals surface area contributed by atoms with Gasteiger partial charge in [-0.2, -0.15) is 0 Å². The Balaban J connectivity index is 2.75. The molecule has 94 valence electrons. The minimum absolute atomic E-state index is 0.148. The summed E-state index contributed by atoms with van der Waals surface area (Å²) in [7, 11) is 1.40. The van der Waals surface area contributed by atoms with E-state index in [1.165, 1.54) is 12.7 Å². The van der Waals surface area contributed by atoms with Crippen LogP contribution in [-0.2, 0) is 9.53 Å². The van der Waals surface area contributed by atoms with E-state index >= 15 is 0 Å². The minimum Gasteiger partial charge on any atom is -0.469 e.